The monoisotopic (exact) mass is 283 g/mol. The topological polar surface area (TPSA) is 38.8 Å². The Kier molecular flexibility index (Phi) is 3.88. The number of para-hydroxylation sites is 2. The van der Waals surface area contributed by atoms with Crippen LogP contribution >= 0.6 is 0 Å². The Morgan fingerprint density at radius 3 is 2.24 bits per heavy atom. The van der Waals surface area contributed by atoms with Crippen molar-refractivity contribution in [3.63, 3.8) is 0 Å². The van der Waals surface area contributed by atoms with E-state index in [0.717, 1.165) is 5.69 Å². The van der Waals surface area contributed by atoms with Gasteiger partial charge in [-0.2, -0.15) is 0 Å². The molecule has 4 nitrogen and oxygen atoms in total. The summed E-state index contributed by atoms with van der Waals surface area (Å²) < 4.78 is 11.4. The maximum absolute atomic E-state index is 12.4. The molecule has 4 heteroatoms. The molecule has 2 atom stereocenters. The van der Waals surface area contributed by atoms with Crippen molar-refractivity contribution in [2.45, 2.75) is 19.3 Å². The summed E-state index contributed by atoms with van der Waals surface area (Å²) in [7, 11) is 0. The van der Waals surface area contributed by atoms with Crippen LogP contribution in [0.4, 0.5) is 5.69 Å². The van der Waals surface area contributed by atoms with Crippen LogP contribution in [0.25, 0.3) is 0 Å². The highest BCUT2D eigenvalue weighted by Gasteiger charge is 2.51. The molecule has 0 aromatic heterocycles. The molecule has 108 valence electrons. The van der Waals surface area contributed by atoms with Gasteiger partial charge in [0.25, 0.3) is 5.91 Å². The molecule has 0 radical (unpaired) electrons. The van der Waals surface area contributed by atoms with Crippen LogP contribution in [0.3, 0.4) is 0 Å². The van der Waals surface area contributed by atoms with E-state index in [1.165, 1.54) is 0 Å². The van der Waals surface area contributed by atoms with Crippen molar-refractivity contribution >= 4 is 11.6 Å². The van der Waals surface area contributed by atoms with Crippen LogP contribution < -0.4 is 9.64 Å². The van der Waals surface area contributed by atoms with Crippen molar-refractivity contribution in [2.75, 3.05) is 11.5 Å². The van der Waals surface area contributed by atoms with Crippen molar-refractivity contribution in [1.29, 1.82) is 0 Å². The molecule has 1 saturated heterocycles. The zero-order chi connectivity index (χ0) is 14.7. The number of ether oxygens (including phenoxy) is 2. The number of carbonyl (C=O) groups excluding carboxylic acids is 1. The van der Waals surface area contributed by atoms with Crippen LogP contribution in [0.1, 0.15) is 6.92 Å². The summed E-state index contributed by atoms with van der Waals surface area (Å²) in [6.45, 7) is 2.43. The van der Waals surface area contributed by atoms with Gasteiger partial charge in [0, 0.05) is 12.3 Å². The quantitative estimate of drug-likeness (QED) is 0.792. The van der Waals surface area contributed by atoms with E-state index >= 15 is 0 Å². The van der Waals surface area contributed by atoms with Gasteiger partial charge >= 0.3 is 0 Å². The summed E-state index contributed by atoms with van der Waals surface area (Å²) in [5, 5.41) is 0. The van der Waals surface area contributed by atoms with E-state index in [1.807, 2.05) is 67.6 Å². The Morgan fingerprint density at radius 2 is 1.62 bits per heavy atom. The standard InChI is InChI=1S/C17H17NO3/c1-2-20-17-15(21-14-11-7-4-8-12-14)16(19)18(17)13-9-5-3-6-10-13/h3-12,15,17H,2H2,1H3/t15-,17-/m0/s1. The molecule has 3 rings (SSSR count). The molecule has 1 aliphatic heterocycles. The van der Waals surface area contributed by atoms with Crippen molar-refractivity contribution in [1.82, 2.24) is 0 Å². The fourth-order valence-corrected chi connectivity index (χ4v) is 2.39. The summed E-state index contributed by atoms with van der Waals surface area (Å²) >= 11 is 0. The van der Waals surface area contributed by atoms with Crippen LogP contribution in [0.2, 0.25) is 0 Å². The van der Waals surface area contributed by atoms with Crippen LogP contribution in [-0.4, -0.2) is 24.8 Å². The van der Waals surface area contributed by atoms with E-state index in [4.69, 9.17) is 9.47 Å². The fraction of sp³-hybridized carbons (Fsp3) is 0.235. The Hall–Kier alpha value is -2.33. The third kappa shape index (κ3) is 2.62. The number of hydrogen-bond donors (Lipinski definition) is 0. The number of nitrogens with zero attached hydrogens (tertiary/aromatic N) is 1. The smallest absolute Gasteiger partial charge is 0.275 e. The molecule has 0 unspecified atom stereocenters. The molecule has 2 aromatic carbocycles. The molecule has 1 amide bonds. The van der Waals surface area contributed by atoms with Gasteiger partial charge in [0.05, 0.1) is 0 Å². The first kappa shape index (κ1) is 13.6. The number of hydrogen-bond acceptors (Lipinski definition) is 3. The molecular weight excluding hydrogens is 266 g/mol. The van der Waals surface area contributed by atoms with Gasteiger partial charge in [-0.15, -0.1) is 0 Å². The van der Waals surface area contributed by atoms with Crippen molar-refractivity contribution in [3.8, 4) is 5.75 Å². The minimum Gasteiger partial charge on any atom is -0.476 e. The minimum atomic E-state index is -0.590. The molecule has 0 bridgehead atoms. The summed E-state index contributed by atoms with van der Waals surface area (Å²) in [5.41, 5.74) is 0.828. The highest BCUT2D eigenvalue weighted by atomic mass is 16.6. The second-order valence-electron chi connectivity index (χ2n) is 4.74. The lowest BCUT2D eigenvalue weighted by molar-refractivity contribution is -0.151. The van der Waals surface area contributed by atoms with Crippen molar-refractivity contribution < 1.29 is 14.3 Å². The number of benzene rings is 2. The van der Waals surface area contributed by atoms with E-state index in [-0.39, 0.29) is 12.1 Å². The molecule has 21 heavy (non-hydrogen) atoms. The van der Waals surface area contributed by atoms with Crippen LogP contribution in [0.15, 0.2) is 60.7 Å². The molecule has 1 fully saturated rings. The lowest BCUT2D eigenvalue weighted by Gasteiger charge is -2.45. The Bertz CT molecular complexity index is 600. The predicted molar refractivity (Wildman–Crippen MR) is 80.2 cm³/mol. The van der Waals surface area contributed by atoms with Crippen LogP contribution in [0, 0.1) is 0 Å². The highest BCUT2D eigenvalue weighted by molar-refractivity contribution is 6.04. The average Bonchev–Trinajstić information content (AvgIpc) is 2.54. The third-order valence-corrected chi connectivity index (χ3v) is 3.37. The Labute approximate surface area is 123 Å². The van der Waals surface area contributed by atoms with Crippen LogP contribution in [-0.2, 0) is 9.53 Å². The molecule has 0 N–H and O–H groups in total. The van der Waals surface area contributed by atoms with Gasteiger partial charge in [0.2, 0.25) is 6.10 Å². The minimum absolute atomic E-state index is 0.0801. The number of amides is 1. The molecular formula is C17H17NO3. The lowest BCUT2D eigenvalue weighted by atomic mass is 10.1. The van der Waals surface area contributed by atoms with Crippen molar-refractivity contribution in [2.24, 2.45) is 0 Å². The van der Waals surface area contributed by atoms with E-state index in [1.54, 1.807) is 4.90 Å². The normalized spacial score (nSPS) is 21.0. The van der Waals surface area contributed by atoms with Crippen molar-refractivity contribution in [3.05, 3.63) is 60.7 Å². The second-order valence-corrected chi connectivity index (χ2v) is 4.74. The number of anilines is 1. The zero-order valence-electron chi connectivity index (χ0n) is 11.8. The third-order valence-electron chi connectivity index (χ3n) is 3.37. The van der Waals surface area contributed by atoms with Gasteiger partial charge in [-0.3, -0.25) is 9.69 Å². The summed E-state index contributed by atoms with van der Waals surface area (Å²) in [4.78, 5) is 14.0. The van der Waals surface area contributed by atoms with E-state index < -0.39 is 6.10 Å². The molecule has 0 saturated carbocycles. The largest absolute Gasteiger partial charge is 0.476 e. The van der Waals surface area contributed by atoms with Gasteiger partial charge in [0.1, 0.15) is 5.75 Å². The number of carbonyl (C=O) groups is 1. The van der Waals surface area contributed by atoms with Gasteiger partial charge < -0.3 is 9.47 Å². The lowest BCUT2D eigenvalue weighted by Crippen LogP contribution is -2.68. The van der Waals surface area contributed by atoms with Gasteiger partial charge in [-0.1, -0.05) is 36.4 Å². The maximum atomic E-state index is 12.4. The van der Waals surface area contributed by atoms with Gasteiger partial charge in [0.15, 0.2) is 6.23 Å². The Morgan fingerprint density at radius 1 is 1.00 bits per heavy atom. The first-order chi connectivity index (χ1) is 10.3. The van der Waals surface area contributed by atoms with Gasteiger partial charge in [-0.25, -0.2) is 0 Å². The first-order valence-electron chi connectivity index (χ1n) is 7.02. The number of β-lactam (4-membered cyclic amide) rings is 1. The maximum Gasteiger partial charge on any atom is 0.275 e. The molecule has 0 spiro atoms. The molecule has 0 aliphatic carbocycles. The SMILES string of the molecule is CCO[C@H]1[C@@H](Oc2ccccc2)C(=O)N1c1ccccc1. The predicted octanol–water partition coefficient (Wildman–Crippen LogP) is 2.84. The second kappa shape index (κ2) is 5.97. The summed E-state index contributed by atoms with van der Waals surface area (Å²) in [6, 6.07) is 18.8. The zero-order valence-corrected chi connectivity index (χ0v) is 11.8. The highest BCUT2D eigenvalue weighted by Crippen LogP contribution is 2.31. The van der Waals surface area contributed by atoms with E-state index in [9.17, 15) is 4.79 Å². The van der Waals surface area contributed by atoms with Crippen LogP contribution in [0.5, 0.6) is 5.75 Å². The number of rotatable bonds is 5. The fourth-order valence-electron chi connectivity index (χ4n) is 2.39. The molecule has 1 heterocycles. The van der Waals surface area contributed by atoms with E-state index in [0.29, 0.717) is 12.4 Å². The summed E-state index contributed by atoms with van der Waals surface area (Å²) in [5.74, 6) is 0.594. The Balaban J connectivity index is 1.78. The van der Waals surface area contributed by atoms with Gasteiger partial charge in [-0.05, 0) is 31.2 Å². The molecule has 1 aliphatic rings. The first-order valence-corrected chi connectivity index (χ1v) is 7.02. The summed E-state index contributed by atoms with van der Waals surface area (Å²) in [6.07, 6.45) is -0.974. The average molecular weight is 283 g/mol. The van der Waals surface area contributed by atoms with E-state index in [2.05, 4.69) is 0 Å². The molecule has 2 aromatic rings.